The van der Waals surface area contributed by atoms with Gasteiger partial charge in [-0.15, -0.1) is 0 Å². The van der Waals surface area contributed by atoms with Gasteiger partial charge in [0.15, 0.2) is 0 Å². The second-order valence-electron chi connectivity index (χ2n) is 5.98. The van der Waals surface area contributed by atoms with Crippen LogP contribution in [-0.4, -0.2) is 34.2 Å². The fraction of sp³-hybridized carbons (Fsp3) is 0.294. The molecule has 0 fully saturated rings. The molecule has 0 atom stereocenters. The second kappa shape index (κ2) is 8.69. The van der Waals surface area contributed by atoms with Crippen molar-refractivity contribution in [2.45, 2.75) is 29.8 Å². The Morgan fingerprint density at radius 2 is 1.60 bits per heavy atom. The first-order valence-electron chi connectivity index (χ1n) is 8.43. The van der Waals surface area contributed by atoms with Gasteiger partial charge in [-0.2, -0.15) is 17.5 Å². The SMILES string of the molecule is CCN(CC)S(=O)(=O)c1cc(NS(=O)(=O)c2ccc(F)c(C(F)(F)F)c2)ccc1Cl. The number of halogens is 5. The molecule has 0 bridgehead atoms. The summed E-state index contributed by atoms with van der Waals surface area (Å²) in [7, 11) is -8.63. The van der Waals surface area contributed by atoms with Gasteiger partial charge in [-0.25, -0.2) is 21.2 Å². The molecule has 1 N–H and O–H groups in total. The van der Waals surface area contributed by atoms with E-state index in [4.69, 9.17) is 11.6 Å². The van der Waals surface area contributed by atoms with Gasteiger partial charge in [0.1, 0.15) is 10.7 Å². The van der Waals surface area contributed by atoms with Crippen molar-refractivity contribution < 1.29 is 34.4 Å². The first-order chi connectivity index (χ1) is 13.7. The highest BCUT2D eigenvalue weighted by molar-refractivity contribution is 7.92. The van der Waals surface area contributed by atoms with Crippen molar-refractivity contribution in [2.75, 3.05) is 17.8 Å². The minimum atomic E-state index is -5.10. The Balaban J connectivity index is 2.49. The van der Waals surface area contributed by atoms with Crippen LogP contribution in [0.25, 0.3) is 0 Å². The van der Waals surface area contributed by atoms with Crippen LogP contribution in [0.4, 0.5) is 23.2 Å². The van der Waals surface area contributed by atoms with E-state index in [0.717, 1.165) is 22.5 Å². The number of hydrogen-bond donors (Lipinski definition) is 1. The van der Waals surface area contributed by atoms with Crippen LogP contribution in [0.15, 0.2) is 46.2 Å². The van der Waals surface area contributed by atoms with Gasteiger partial charge in [0.2, 0.25) is 10.0 Å². The first kappa shape index (κ1) is 24.4. The summed E-state index contributed by atoms with van der Waals surface area (Å²) in [5.41, 5.74) is -1.99. The fourth-order valence-corrected chi connectivity index (χ4v) is 5.60. The monoisotopic (exact) mass is 488 g/mol. The fourth-order valence-electron chi connectivity index (χ4n) is 2.57. The van der Waals surface area contributed by atoms with Gasteiger partial charge in [0.05, 0.1) is 21.2 Å². The molecule has 6 nitrogen and oxygen atoms in total. The molecule has 0 saturated heterocycles. The largest absolute Gasteiger partial charge is 0.419 e. The van der Waals surface area contributed by atoms with Crippen LogP contribution in [0.1, 0.15) is 19.4 Å². The van der Waals surface area contributed by atoms with Crippen LogP contribution in [-0.2, 0) is 26.2 Å². The number of anilines is 1. The molecule has 0 aliphatic carbocycles. The van der Waals surface area contributed by atoms with Gasteiger partial charge in [-0.3, -0.25) is 4.72 Å². The molecule has 0 unspecified atom stereocenters. The van der Waals surface area contributed by atoms with Crippen molar-refractivity contribution >= 4 is 37.3 Å². The molecule has 30 heavy (non-hydrogen) atoms. The minimum absolute atomic E-state index is 0.140. The summed E-state index contributed by atoms with van der Waals surface area (Å²) < 4.78 is 106. The summed E-state index contributed by atoms with van der Waals surface area (Å²) in [6.45, 7) is 3.49. The molecule has 0 radical (unpaired) electrons. The molecule has 2 aromatic carbocycles. The van der Waals surface area contributed by atoms with Crippen LogP contribution in [0.2, 0.25) is 5.02 Å². The molecule has 0 aliphatic heterocycles. The number of nitrogens with zero attached hydrogens (tertiary/aromatic N) is 1. The third-order valence-electron chi connectivity index (χ3n) is 4.06. The third-order valence-corrected chi connectivity index (χ3v) is 7.97. The molecule has 0 spiro atoms. The molecule has 0 heterocycles. The lowest BCUT2D eigenvalue weighted by atomic mass is 10.2. The molecule has 0 saturated carbocycles. The quantitative estimate of drug-likeness (QED) is 0.588. The van der Waals surface area contributed by atoms with Crippen molar-refractivity contribution in [3.05, 3.63) is 52.8 Å². The molecule has 0 amide bonds. The maximum atomic E-state index is 13.4. The third kappa shape index (κ3) is 5.05. The average Bonchev–Trinajstić information content (AvgIpc) is 2.63. The second-order valence-corrected chi connectivity index (χ2v) is 9.98. The molecule has 166 valence electrons. The van der Waals surface area contributed by atoms with E-state index in [1.807, 2.05) is 4.72 Å². The molecule has 13 heteroatoms. The predicted molar refractivity (Wildman–Crippen MR) is 104 cm³/mol. The standard InChI is InChI=1S/C17H17ClF4N2O4S2/c1-3-24(4-2)30(27,28)16-9-11(5-7-14(16)18)23-29(25,26)12-6-8-15(19)13(10-12)17(20,21)22/h5-10,23H,3-4H2,1-2H3. The number of benzene rings is 2. The number of hydrogen-bond acceptors (Lipinski definition) is 4. The molecule has 0 aromatic heterocycles. The van der Waals surface area contributed by atoms with Crippen LogP contribution in [0.3, 0.4) is 0 Å². The number of rotatable bonds is 7. The number of alkyl halides is 3. The number of sulfonamides is 2. The van der Waals surface area contributed by atoms with Gasteiger partial charge < -0.3 is 0 Å². The van der Waals surface area contributed by atoms with Crippen molar-refractivity contribution in [3.63, 3.8) is 0 Å². The highest BCUT2D eigenvalue weighted by atomic mass is 35.5. The van der Waals surface area contributed by atoms with Crippen molar-refractivity contribution in [2.24, 2.45) is 0 Å². The predicted octanol–water partition coefficient (Wildman–Crippen LogP) is 4.33. The van der Waals surface area contributed by atoms with Crippen LogP contribution in [0.5, 0.6) is 0 Å². The molecule has 2 rings (SSSR count). The van der Waals surface area contributed by atoms with E-state index in [9.17, 15) is 34.4 Å². The Morgan fingerprint density at radius 3 is 2.13 bits per heavy atom. The Hall–Kier alpha value is -1.89. The minimum Gasteiger partial charge on any atom is -0.280 e. The van der Waals surface area contributed by atoms with Crippen LogP contribution < -0.4 is 4.72 Å². The maximum Gasteiger partial charge on any atom is 0.419 e. The summed E-state index contributed by atoms with van der Waals surface area (Å²) in [5.74, 6) is -1.62. The normalized spacial score (nSPS) is 12.9. The lowest BCUT2D eigenvalue weighted by Crippen LogP contribution is -2.30. The Bertz CT molecular complexity index is 1150. The van der Waals surface area contributed by atoms with E-state index < -0.39 is 42.5 Å². The Kier molecular flexibility index (Phi) is 7.06. The van der Waals surface area contributed by atoms with Gasteiger partial charge in [-0.05, 0) is 36.4 Å². The highest BCUT2D eigenvalue weighted by Gasteiger charge is 2.35. The zero-order valence-corrected chi connectivity index (χ0v) is 18.1. The van der Waals surface area contributed by atoms with E-state index in [1.54, 1.807) is 13.8 Å². The molecular formula is C17H17ClF4N2O4S2. The van der Waals surface area contributed by atoms with Gasteiger partial charge in [0, 0.05) is 13.1 Å². The summed E-state index contributed by atoms with van der Waals surface area (Å²) >= 11 is 5.97. The average molecular weight is 489 g/mol. The van der Waals surface area contributed by atoms with Gasteiger partial charge in [0.25, 0.3) is 10.0 Å². The van der Waals surface area contributed by atoms with E-state index in [2.05, 4.69) is 0 Å². The smallest absolute Gasteiger partial charge is 0.280 e. The van der Waals surface area contributed by atoms with Crippen molar-refractivity contribution in [1.29, 1.82) is 0 Å². The van der Waals surface area contributed by atoms with Crippen molar-refractivity contribution in [3.8, 4) is 0 Å². The Labute approximate surface area is 176 Å². The van der Waals surface area contributed by atoms with Gasteiger partial charge in [-0.1, -0.05) is 25.4 Å². The van der Waals surface area contributed by atoms with E-state index in [1.165, 1.54) is 0 Å². The Morgan fingerprint density at radius 1 is 1.00 bits per heavy atom. The zero-order chi connectivity index (χ0) is 22.9. The number of nitrogens with one attached hydrogen (secondary N) is 1. The molecule has 2 aromatic rings. The summed E-state index contributed by atoms with van der Waals surface area (Å²) in [6, 6.07) is 4.45. The molecular weight excluding hydrogens is 472 g/mol. The topological polar surface area (TPSA) is 83.6 Å². The lowest BCUT2D eigenvalue weighted by molar-refractivity contribution is -0.140. The molecule has 0 aliphatic rings. The van der Waals surface area contributed by atoms with Crippen molar-refractivity contribution in [1.82, 2.24) is 4.31 Å². The lowest BCUT2D eigenvalue weighted by Gasteiger charge is -2.20. The summed E-state index contributed by atoms with van der Waals surface area (Å²) in [6.07, 6.45) is -5.10. The first-order valence-corrected chi connectivity index (χ1v) is 11.7. The summed E-state index contributed by atoms with van der Waals surface area (Å²) in [4.78, 5) is -1.22. The van der Waals surface area contributed by atoms with E-state index in [-0.39, 0.29) is 34.8 Å². The maximum absolute atomic E-state index is 13.4. The van der Waals surface area contributed by atoms with Gasteiger partial charge >= 0.3 is 6.18 Å². The highest BCUT2D eigenvalue weighted by Crippen LogP contribution is 2.34. The van der Waals surface area contributed by atoms with Crippen LogP contribution >= 0.6 is 11.6 Å². The van der Waals surface area contributed by atoms with Crippen LogP contribution in [0, 0.1) is 5.82 Å². The summed E-state index contributed by atoms with van der Waals surface area (Å²) in [5, 5.41) is -0.161. The van der Waals surface area contributed by atoms with E-state index in [0.29, 0.717) is 12.1 Å². The van der Waals surface area contributed by atoms with E-state index >= 15 is 0 Å². The zero-order valence-electron chi connectivity index (χ0n) is 15.7.